The Kier molecular flexibility index (Phi) is 4.71. The van der Waals surface area contributed by atoms with Gasteiger partial charge in [-0.2, -0.15) is 0 Å². The van der Waals surface area contributed by atoms with Gasteiger partial charge in [0.15, 0.2) is 0 Å². The second-order valence-electron chi connectivity index (χ2n) is 4.41. The zero-order chi connectivity index (χ0) is 15.2. The van der Waals surface area contributed by atoms with Crippen molar-refractivity contribution in [1.82, 2.24) is 5.32 Å². The van der Waals surface area contributed by atoms with E-state index in [-0.39, 0.29) is 18.6 Å². The third kappa shape index (κ3) is 4.17. The molecule has 110 valence electrons. The second kappa shape index (κ2) is 6.69. The highest BCUT2D eigenvalue weighted by Crippen LogP contribution is 2.15. The van der Waals surface area contributed by atoms with E-state index in [1.54, 1.807) is 18.2 Å². The number of hydrogen-bond donors (Lipinski definition) is 1. The van der Waals surface area contributed by atoms with Crippen LogP contribution in [0.1, 0.15) is 18.9 Å². The summed E-state index contributed by atoms with van der Waals surface area (Å²) in [5.41, 5.74) is 0.906. The molecule has 1 aliphatic heterocycles. The molecule has 0 saturated heterocycles. The molecule has 1 aromatic rings. The smallest absolute Gasteiger partial charge is 0.310 e. The van der Waals surface area contributed by atoms with Crippen LogP contribution in [0.25, 0.3) is 0 Å². The Morgan fingerprint density at radius 3 is 2.76 bits per heavy atom. The summed E-state index contributed by atoms with van der Waals surface area (Å²) >= 11 is 0. The van der Waals surface area contributed by atoms with Crippen LogP contribution in [0.4, 0.5) is 0 Å². The van der Waals surface area contributed by atoms with Crippen LogP contribution >= 0.6 is 0 Å². The van der Waals surface area contributed by atoms with E-state index < -0.39 is 17.8 Å². The molecule has 0 spiro atoms. The Hall–Kier alpha value is -2.63. The number of hydrogen-bond acceptors (Lipinski definition) is 5. The highest BCUT2D eigenvalue weighted by atomic mass is 16.5. The largest absolute Gasteiger partial charge is 0.494 e. The lowest BCUT2D eigenvalue weighted by molar-refractivity contribution is -0.144. The Morgan fingerprint density at radius 1 is 1.29 bits per heavy atom. The van der Waals surface area contributed by atoms with Crippen molar-refractivity contribution in [3.05, 3.63) is 41.5 Å². The van der Waals surface area contributed by atoms with Gasteiger partial charge in [-0.15, -0.1) is 0 Å². The van der Waals surface area contributed by atoms with Crippen LogP contribution in [0.15, 0.2) is 35.9 Å². The molecule has 0 aliphatic carbocycles. The minimum absolute atomic E-state index is 0.0859. The van der Waals surface area contributed by atoms with Gasteiger partial charge in [0, 0.05) is 11.6 Å². The van der Waals surface area contributed by atoms with Crippen molar-refractivity contribution in [2.24, 2.45) is 0 Å². The number of rotatable bonds is 6. The molecule has 0 bridgehead atoms. The van der Waals surface area contributed by atoms with Crippen LogP contribution in [-0.2, 0) is 25.7 Å². The van der Waals surface area contributed by atoms with Crippen LogP contribution < -0.4 is 10.1 Å². The third-order valence-corrected chi connectivity index (χ3v) is 2.78. The Balaban J connectivity index is 1.87. The van der Waals surface area contributed by atoms with E-state index in [1.807, 2.05) is 13.0 Å². The number of carbonyl (C=O) groups is 3. The monoisotopic (exact) mass is 289 g/mol. The highest BCUT2D eigenvalue weighted by Gasteiger charge is 2.23. The molecule has 6 nitrogen and oxygen atoms in total. The average Bonchev–Trinajstić information content (AvgIpc) is 2.75. The van der Waals surface area contributed by atoms with Crippen molar-refractivity contribution in [2.45, 2.75) is 20.0 Å². The lowest BCUT2D eigenvalue weighted by Gasteiger charge is -2.07. The van der Waals surface area contributed by atoms with Crippen molar-refractivity contribution in [1.29, 1.82) is 0 Å². The minimum atomic E-state index is -0.562. The van der Waals surface area contributed by atoms with Gasteiger partial charge in [-0.1, -0.05) is 12.1 Å². The maximum absolute atomic E-state index is 11.6. The maximum Gasteiger partial charge on any atom is 0.310 e. The fraction of sp³-hybridized carbons (Fsp3) is 0.267. The minimum Gasteiger partial charge on any atom is -0.494 e. The van der Waals surface area contributed by atoms with Crippen molar-refractivity contribution in [3.63, 3.8) is 0 Å². The van der Waals surface area contributed by atoms with Gasteiger partial charge in [-0.05, 0) is 24.6 Å². The summed E-state index contributed by atoms with van der Waals surface area (Å²) in [6, 6.07) is 7.20. The van der Waals surface area contributed by atoms with E-state index in [2.05, 4.69) is 5.32 Å². The molecule has 21 heavy (non-hydrogen) atoms. The molecule has 2 amide bonds. The van der Waals surface area contributed by atoms with Crippen molar-refractivity contribution in [2.75, 3.05) is 6.61 Å². The second-order valence-corrected chi connectivity index (χ2v) is 4.41. The number of benzene rings is 1. The van der Waals surface area contributed by atoms with Crippen LogP contribution in [-0.4, -0.2) is 24.4 Å². The normalized spacial score (nSPS) is 13.7. The van der Waals surface area contributed by atoms with Gasteiger partial charge < -0.3 is 9.47 Å². The average molecular weight is 289 g/mol. The zero-order valence-electron chi connectivity index (χ0n) is 11.5. The van der Waals surface area contributed by atoms with E-state index in [0.717, 1.165) is 11.6 Å². The fourth-order valence-corrected chi connectivity index (χ4v) is 1.85. The van der Waals surface area contributed by atoms with Gasteiger partial charge in [-0.3, -0.25) is 19.7 Å². The Labute approximate surface area is 121 Å². The molecule has 1 N–H and O–H groups in total. The van der Waals surface area contributed by atoms with Crippen LogP contribution in [0.3, 0.4) is 0 Å². The maximum atomic E-state index is 11.6. The first-order valence-corrected chi connectivity index (χ1v) is 6.51. The van der Waals surface area contributed by atoms with E-state index >= 15 is 0 Å². The molecule has 0 unspecified atom stereocenters. The predicted molar refractivity (Wildman–Crippen MR) is 73.3 cm³/mol. The number of carbonyl (C=O) groups excluding carboxylic acids is 3. The molecule has 1 aromatic carbocycles. The van der Waals surface area contributed by atoms with Crippen molar-refractivity contribution in [3.8, 4) is 5.75 Å². The van der Waals surface area contributed by atoms with Gasteiger partial charge in [0.25, 0.3) is 11.8 Å². The van der Waals surface area contributed by atoms with E-state index in [0.29, 0.717) is 12.4 Å². The summed E-state index contributed by atoms with van der Waals surface area (Å²) in [7, 11) is 0. The topological polar surface area (TPSA) is 81.7 Å². The lowest BCUT2D eigenvalue weighted by atomic mass is 10.2. The molecule has 1 heterocycles. The first-order valence-electron chi connectivity index (χ1n) is 6.51. The zero-order valence-corrected chi connectivity index (χ0v) is 11.5. The SMILES string of the molecule is CCOc1cccc(COC(=O)CC2=CC(=O)NC2=O)c1. The molecule has 1 aliphatic rings. The van der Waals surface area contributed by atoms with Gasteiger partial charge in [-0.25, -0.2) is 0 Å². The molecule has 0 atom stereocenters. The molecule has 0 fully saturated rings. The molecule has 0 radical (unpaired) electrons. The van der Waals surface area contributed by atoms with Gasteiger partial charge in [0.05, 0.1) is 13.0 Å². The fourth-order valence-electron chi connectivity index (χ4n) is 1.85. The van der Waals surface area contributed by atoms with Crippen LogP contribution in [0.2, 0.25) is 0 Å². The molecule has 2 rings (SSSR count). The molecule has 6 heteroatoms. The van der Waals surface area contributed by atoms with E-state index in [1.165, 1.54) is 0 Å². The van der Waals surface area contributed by atoms with Gasteiger partial charge in [0.1, 0.15) is 12.4 Å². The Bertz CT molecular complexity index is 606. The molecule has 0 saturated carbocycles. The first kappa shape index (κ1) is 14.8. The number of esters is 1. The lowest BCUT2D eigenvalue weighted by Crippen LogP contribution is -2.23. The molecular formula is C15H15NO5. The first-order chi connectivity index (χ1) is 10.1. The predicted octanol–water partition coefficient (Wildman–Crippen LogP) is 1.10. The van der Waals surface area contributed by atoms with E-state index in [4.69, 9.17) is 9.47 Å². The van der Waals surface area contributed by atoms with Crippen molar-refractivity contribution < 1.29 is 23.9 Å². The summed E-state index contributed by atoms with van der Waals surface area (Å²) in [5.74, 6) is -0.912. The summed E-state index contributed by atoms with van der Waals surface area (Å²) in [4.78, 5) is 33.9. The number of amides is 2. The van der Waals surface area contributed by atoms with Crippen molar-refractivity contribution >= 4 is 17.8 Å². The van der Waals surface area contributed by atoms with Crippen LogP contribution in [0, 0.1) is 0 Å². The standard InChI is InChI=1S/C15H15NO5/c1-2-20-12-5-3-4-10(6-12)9-21-14(18)8-11-7-13(17)16-15(11)19/h3-7H,2,8-9H2,1H3,(H,16,17,19). The quantitative estimate of drug-likeness (QED) is 0.626. The van der Waals surface area contributed by atoms with Gasteiger partial charge in [0.2, 0.25) is 0 Å². The van der Waals surface area contributed by atoms with Crippen LogP contribution in [0.5, 0.6) is 5.75 Å². The summed E-state index contributed by atoms with van der Waals surface area (Å²) in [6.45, 7) is 2.53. The summed E-state index contributed by atoms with van der Waals surface area (Å²) in [5, 5.41) is 2.07. The van der Waals surface area contributed by atoms with Gasteiger partial charge >= 0.3 is 5.97 Å². The number of ether oxygens (including phenoxy) is 2. The molecular weight excluding hydrogens is 274 g/mol. The Morgan fingerprint density at radius 2 is 2.10 bits per heavy atom. The molecule has 0 aromatic heterocycles. The van der Waals surface area contributed by atoms with E-state index in [9.17, 15) is 14.4 Å². The highest BCUT2D eigenvalue weighted by molar-refractivity contribution is 6.17. The number of imide groups is 1. The summed E-state index contributed by atoms with van der Waals surface area (Å²) in [6.07, 6.45) is 0.891. The number of nitrogens with one attached hydrogen (secondary N) is 1. The summed E-state index contributed by atoms with van der Waals surface area (Å²) < 4.78 is 10.4. The third-order valence-electron chi connectivity index (χ3n) is 2.78.